The van der Waals surface area contributed by atoms with E-state index in [9.17, 15) is 0 Å². The minimum atomic E-state index is 1.09. The highest BCUT2D eigenvalue weighted by Crippen LogP contribution is 2.25. The van der Waals surface area contributed by atoms with Crippen LogP contribution in [0.4, 0.5) is 0 Å². The maximum Gasteiger partial charge on any atom is -0.0149 e. The van der Waals surface area contributed by atoms with Gasteiger partial charge in [0.2, 0.25) is 0 Å². The topological polar surface area (TPSA) is 0 Å². The van der Waals surface area contributed by atoms with E-state index in [1.165, 1.54) is 16.7 Å². The number of hydrogen-bond donors (Lipinski definition) is 0. The third kappa shape index (κ3) is 2.52. The summed E-state index contributed by atoms with van der Waals surface area (Å²) in [6.07, 6.45) is 8.00. The first-order valence-electron chi connectivity index (χ1n) is 5.09. The lowest BCUT2D eigenvalue weighted by molar-refractivity contribution is 1.45. The molecule has 0 amide bonds. The van der Waals surface area contributed by atoms with E-state index in [1.807, 2.05) is 12.1 Å². The van der Waals surface area contributed by atoms with Gasteiger partial charge in [0.25, 0.3) is 0 Å². The molecule has 0 aliphatic rings. The second kappa shape index (κ2) is 5.78. The molecule has 0 spiro atoms. The van der Waals surface area contributed by atoms with Gasteiger partial charge < -0.3 is 0 Å². The number of benzene rings is 2. The Balaban J connectivity index is 0.000000606. The third-order valence-electron chi connectivity index (χ3n) is 2.45. The molecule has 0 saturated carbocycles. The van der Waals surface area contributed by atoms with Crippen LogP contribution in [0.25, 0.3) is 11.1 Å². The summed E-state index contributed by atoms with van der Waals surface area (Å²) in [4.78, 5) is 0. The highest BCUT2D eigenvalue weighted by atomic mass is 14.1. The van der Waals surface area contributed by atoms with Crippen molar-refractivity contribution in [2.24, 2.45) is 0 Å². The van der Waals surface area contributed by atoms with Crippen LogP contribution in [0.2, 0.25) is 0 Å². The van der Waals surface area contributed by atoms with Crippen LogP contribution in [-0.4, -0.2) is 0 Å². The van der Waals surface area contributed by atoms with Gasteiger partial charge in [0.1, 0.15) is 0 Å². The van der Waals surface area contributed by atoms with Gasteiger partial charge >= 0.3 is 0 Å². The van der Waals surface area contributed by atoms with Crippen molar-refractivity contribution in [1.29, 1.82) is 0 Å². The summed E-state index contributed by atoms with van der Waals surface area (Å²) in [5, 5.41) is 0. The van der Waals surface area contributed by atoms with Crippen molar-refractivity contribution in [3.8, 4) is 24.0 Å². The average molecular weight is 207 g/mol. The highest BCUT2D eigenvalue weighted by Gasteiger charge is 2.02. The quantitative estimate of drug-likeness (QED) is 0.618. The molecule has 0 atom stereocenters. The van der Waals surface area contributed by atoms with E-state index >= 15 is 0 Å². The van der Waals surface area contributed by atoms with E-state index in [-0.39, 0.29) is 0 Å². The summed E-state index contributed by atoms with van der Waals surface area (Å²) in [5.74, 6) is 0. The smallest absolute Gasteiger partial charge is 0.0149 e. The Morgan fingerprint density at radius 3 is 1.88 bits per heavy atom. The van der Waals surface area contributed by atoms with Crippen molar-refractivity contribution in [1.82, 2.24) is 0 Å². The first kappa shape index (κ1) is 12.1. The zero-order valence-corrected chi connectivity index (χ0v) is 9.48. The van der Waals surface area contributed by atoms with Gasteiger partial charge in [0.15, 0.2) is 0 Å². The highest BCUT2D eigenvalue weighted by molar-refractivity contribution is 5.70. The molecule has 0 saturated heterocycles. The Morgan fingerprint density at radius 2 is 1.31 bits per heavy atom. The zero-order chi connectivity index (χ0) is 12.0. The third-order valence-corrected chi connectivity index (χ3v) is 2.45. The molecule has 0 bridgehead atoms. The van der Waals surface area contributed by atoms with Crippen molar-refractivity contribution < 1.29 is 0 Å². The summed E-state index contributed by atoms with van der Waals surface area (Å²) >= 11 is 0. The van der Waals surface area contributed by atoms with E-state index in [1.54, 1.807) is 0 Å². The van der Waals surface area contributed by atoms with Gasteiger partial charge in [-0.2, -0.15) is 0 Å². The van der Waals surface area contributed by atoms with Crippen LogP contribution in [0, 0.1) is 26.7 Å². The molecular weight excluding hydrogens is 192 g/mol. The normalized spacial score (nSPS) is 9.00. The SMILES string of the molecule is C#C.[CH2]c1ccccc1-c1ccccc1C. The molecule has 16 heavy (non-hydrogen) atoms. The molecule has 0 heteroatoms. The Kier molecular flexibility index (Phi) is 4.36. The Bertz CT molecular complexity index is 435. The lowest BCUT2D eigenvalue weighted by Gasteiger charge is -2.08. The van der Waals surface area contributed by atoms with Crippen molar-refractivity contribution >= 4 is 0 Å². The molecule has 0 aliphatic heterocycles. The monoisotopic (exact) mass is 207 g/mol. The molecule has 2 aromatic rings. The van der Waals surface area contributed by atoms with Crippen molar-refractivity contribution in [3.05, 3.63) is 66.6 Å². The van der Waals surface area contributed by atoms with Gasteiger partial charge in [0.05, 0.1) is 0 Å². The van der Waals surface area contributed by atoms with Crippen LogP contribution in [-0.2, 0) is 0 Å². The lowest BCUT2D eigenvalue weighted by Crippen LogP contribution is -1.85. The minimum Gasteiger partial charge on any atom is -0.124 e. The molecule has 0 aliphatic carbocycles. The van der Waals surface area contributed by atoms with E-state index < -0.39 is 0 Å². The average Bonchev–Trinajstić information content (AvgIpc) is 2.34. The van der Waals surface area contributed by atoms with E-state index in [0.29, 0.717) is 0 Å². The molecule has 0 nitrogen and oxygen atoms in total. The number of rotatable bonds is 1. The molecule has 0 N–H and O–H groups in total. The van der Waals surface area contributed by atoms with Crippen LogP contribution < -0.4 is 0 Å². The second-order valence-corrected chi connectivity index (χ2v) is 3.47. The molecule has 2 rings (SSSR count). The van der Waals surface area contributed by atoms with E-state index in [0.717, 1.165) is 5.56 Å². The standard InChI is InChI=1S/C14H13.C2H2/c1-11-7-3-5-9-13(11)14-10-6-4-8-12(14)2;1-2/h3-10H,1H2,2H3;1-2H. The maximum atomic E-state index is 4.04. The largest absolute Gasteiger partial charge is 0.124 e. The molecule has 0 unspecified atom stereocenters. The maximum absolute atomic E-state index is 4.04. The predicted molar refractivity (Wildman–Crippen MR) is 71.0 cm³/mol. The Hall–Kier alpha value is -2.00. The number of terminal acetylenes is 1. The van der Waals surface area contributed by atoms with Crippen LogP contribution in [0.15, 0.2) is 48.5 Å². The minimum absolute atomic E-state index is 1.09. The van der Waals surface area contributed by atoms with Crippen LogP contribution in [0.1, 0.15) is 11.1 Å². The van der Waals surface area contributed by atoms with Crippen LogP contribution in [0.5, 0.6) is 0 Å². The lowest BCUT2D eigenvalue weighted by atomic mass is 9.97. The van der Waals surface area contributed by atoms with Gasteiger partial charge in [-0.05, 0) is 36.1 Å². The molecule has 1 radical (unpaired) electrons. The molecular formula is C16H15. The fourth-order valence-electron chi connectivity index (χ4n) is 1.66. The summed E-state index contributed by atoms with van der Waals surface area (Å²) in [5.41, 5.74) is 4.88. The van der Waals surface area contributed by atoms with Gasteiger partial charge in [-0.3, -0.25) is 0 Å². The first-order valence-corrected chi connectivity index (χ1v) is 5.09. The summed E-state index contributed by atoms with van der Waals surface area (Å²) in [6.45, 7) is 6.16. The Labute approximate surface area is 98.0 Å². The van der Waals surface area contributed by atoms with E-state index in [2.05, 4.69) is 63.1 Å². The van der Waals surface area contributed by atoms with Gasteiger partial charge in [-0.15, -0.1) is 12.8 Å². The van der Waals surface area contributed by atoms with Crippen LogP contribution >= 0.6 is 0 Å². The summed E-state index contributed by atoms with van der Waals surface area (Å²) < 4.78 is 0. The van der Waals surface area contributed by atoms with Gasteiger partial charge in [0, 0.05) is 0 Å². The van der Waals surface area contributed by atoms with E-state index in [4.69, 9.17) is 0 Å². The molecule has 0 heterocycles. The fraction of sp³-hybridized carbons (Fsp3) is 0.0625. The molecule has 0 fully saturated rings. The fourth-order valence-corrected chi connectivity index (χ4v) is 1.66. The van der Waals surface area contributed by atoms with Crippen molar-refractivity contribution in [3.63, 3.8) is 0 Å². The van der Waals surface area contributed by atoms with Crippen molar-refractivity contribution in [2.45, 2.75) is 6.92 Å². The first-order chi connectivity index (χ1) is 7.79. The van der Waals surface area contributed by atoms with Crippen molar-refractivity contribution in [2.75, 3.05) is 0 Å². The summed E-state index contributed by atoms with van der Waals surface area (Å²) in [7, 11) is 0. The van der Waals surface area contributed by atoms with Gasteiger partial charge in [-0.1, -0.05) is 48.5 Å². The number of hydrogen-bond acceptors (Lipinski definition) is 0. The van der Waals surface area contributed by atoms with Crippen LogP contribution in [0.3, 0.4) is 0 Å². The predicted octanol–water partition coefficient (Wildman–Crippen LogP) is 4.09. The number of aryl methyl sites for hydroxylation is 1. The summed E-state index contributed by atoms with van der Waals surface area (Å²) in [6, 6.07) is 16.6. The second-order valence-electron chi connectivity index (χ2n) is 3.47. The molecule has 0 aromatic heterocycles. The molecule has 2 aromatic carbocycles. The molecule has 79 valence electrons. The van der Waals surface area contributed by atoms with Gasteiger partial charge in [-0.25, -0.2) is 0 Å². The Morgan fingerprint density at radius 1 is 0.812 bits per heavy atom. The zero-order valence-electron chi connectivity index (χ0n) is 9.48.